The molecule has 2 aromatic rings. The van der Waals surface area contributed by atoms with Gasteiger partial charge in [0.25, 0.3) is 11.8 Å². The molecule has 2 amide bonds. The molecule has 1 atom stereocenters. The number of likely N-dealkylation sites (N-methyl/N-ethyl adjacent to an activating group) is 1. The third-order valence-corrected chi connectivity index (χ3v) is 6.98. The molecular formula is C22H23FN2O3S. The number of hydrogen-bond acceptors (Lipinski definition) is 4. The fourth-order valence-corrected chi connectivity index (χ4v) is 5.90. The molecule has 152 valence electrons. The van der Waals surface area contributed by atoms with Crippen LogP contribution in [0.2, 0.25) is 0 Å². The Hall–Kier alpha value is -2.54. The van der Waals surface area contributed by atoms with Gasteiger partial charge in [0.05, 0.1) is 12.8 Å². The van der Waals surface area contributed by atoms with Crippen LogP contribution < -0.4 is 9.64 Å². The highest BCUT2D eigenvalue weighted by Crippen LogP contribution is 2.59. The molecular weight excluding hydrogens is 391 g/mol. The smallest absolute Gasteiger partial charge is 0.268 e. The molecule has 0 N–H and O–H groups in total. The van der Waals surface area contributed by atoms with Crippen LogP contribution in [0.25, 0.3) is 0 Å². The van der Waals surface area contributed by atoms with Crippen molar-refractivity contribution in [1.82, 2.24) is 4.90 Å². The van der Waals surface area contributed by atoms with Gasteiger partial charge in [-0.25, -0.2) is 4.39 Å². The van der Waals surface area contributed by atoms with E-state index in [-0.39, 0.29) is 16.6 Å². The number of thioether (sulfide) groups is 1. The average molecular weight is 415 g/mol. The number of hydrogen-bond donors (Lipinski definition) is 0. The molecule has 1 spiro atoms. The molecule has 7 heteroatoms. The van der Waals surface area contributed by atoms with Crippen molar-refractivity contribution in [2.45, 2.75) is 30.4 Å². The Morgan fingerprint density at radius 1 is 1.21 bits per heavy atom. The van der Waals surface area contributed by atoms with Crippen molar-refractivity contribution >= 4 is 29.3 Å². The second kappa shape index (κ2) is 6.76. The van der Waals surface area contributed by atoms with Crippen LogP contribution in [0, 0.1) is 5.82 Å². The third kappa shape index (κ3) is 2.90. The number of halogens is 1. The second-order valence-corrected chi connectivity index (χ2v) is 9.74. The number of carbonyl (C=O) groups is 2. The number of amides is 2. The molecule has 1 fully saturated rings. The van der Waals surface area contributed by atoms with Crippen molar-refractivity contribution < 1.29 is 18.7 Å². The van der Waals surface area contributed by atoms with Gasteiger partial charge in [-0.15, -0.1) is 11.8 Å². The summed E-state index contributed by atoms with van der Waals surface area (Å²) in [5, 5.41) is 0. The summed E-state index contributed by atoms with van der Waals surface area (Å²) in [5.41, 5.74) is 1.67. The Morgan fingerprint density at radius 3 is 2.52 bits per heavy atom. The molecule has 29 heavy (non-hydrogen) atoms. The van der Waals surface area contributed by atoms with Gasteiger partial charge in [-0.1, -0.05) is 0 Å². The van der Waals surface area contributed by atoms with Crippen molar-refractivity contribution in [1.29, 1.82) is 0 Å². The number of fused-ring (bicyclic) bond motifs is 2. The van der Waals surface area contributed by atoms with E-state index in [2.05, 4.69) is 0 Å². The summed E-state index contributed by atoms with van der Waals surface area (Å²) in [5.74, 6) is -0.227. The summed E-state index contributed by atoms with van der Waals surface area (Å²) in [4.78, 5) is 29.1. The van der Waals surface area contributed by atoms with Gasteiger partial charge in [0.1, 0.15) is 11.6 Å². The Morgan fingerprint density at radius 2 is 1.90 bits per heavy atom. The zero-order chi connectivity index (χ0) is 21.0. The lowest BCUT2D eigenvalue weighted by atomic mass is 10.0. The van der Waals surface area contributed by atoms with Gasteiger partial charge in [-0.3, -0.25) is 9.59 Å². The van der Waals surface area contributed by atoms with Crippen LogP contribution in [0.4, 0.5) is 10.1 Å². The molecule has 1 unspecified atom stereocenters. The lowest BCUT2D eigenvalue weighted by molar-refractivity contribution is -0.123. The van der Waals surface area contributed by atoms with Crippen LogP contribution >= 0.6 is 11.8 Å². The van der Waals surface area contributed by atoms with Crippen molar-refractivity contribution in [3.8, 4) is 5.75 Å². The Bertz CT molecular complexity index is 992. The van der Waals surface area contributed by atoms with Crippen molar-refractivity contribution in [2.75, 3.05) is 25.1 Å². The summed E-state index contributed by atoms with van der Waals surface area (Å²) < 4.78 is 19.0. The largest absolute Gasteiger partial charge is 0.497 e. The fraction of sp³-hybridized carbons (Fsp3) is 0.364. The van der Waals surface area contributed by atoms with Crippen molar-refractivity contribution in [3.05, 3.63) is 59.4 Å². The van der Waals surface area contributed by atoms with Gasteiger partial charge in [-0.2, -0.15) is 0 Å². The third-order valence-electron chi connectivity index (χ3n) is 5.39. The molecule has 4 rings (SSSR count). The lowest BCUT2D eigenvalue weighted by Crippen LogP contribution is -2.50. The quantitative estimate of drug-likeness (QED) is 0.761. The van der Waals surface area contributed by atoms with Gasteiger partial charge >= 0.3 is 0 Å². The van der Waals surface area contributed by atoms with E-state index < -0.39 is 10.7 Å². The number of carbonyl (C=O) groups excluding carboxylic acids is 2. The molecule has 2 aromatic carbocycles. The molecule has 0 radical (unpaired) electrons. The van der Waals surface area contributed by atoms with Gasteiger partial charge in [0.2, 0.25) is 0 Å². The second-order valence-electron chi connectivity index (χ2n) is 7.84. The first kappa shape index (κ1) is 19.8. The van der Waals surface area contributed by atoms with Crippen molar-refractivity contribution in [3.63, 3.8) is 0 Å². The number of rotatable bonds is 3. The van der Waals surface area contributed by atoms with Crippen LogP contribution in [0.3, 0.4) is 0 Å². The SMILES string of the molecule is CCN1C(=O)C2(SC(C)(C)CN2C(=O)c2ccc(OC)cc2)c2cc(F)ccc21. The highest BCUT2D eigenvalue weighted by molar-refractivity contribution is 8.02. The van der Waals surface area contributed by atoms with Crippen LogP contribution in [-0.2, 0) is 9.67 Å². The van der Waals surface area contributed by atoms with E-state index in [0.717, 1.165) is 0 Å². The first-order valence-electron chi connectivity index (χ1n) is 9.51. The van der Waals surface area contributed by atoms with Gasteiger partial charge in [0, 0.05) is 29.0 Å². The average Bonchev–Trinajstić information content (AvgIpc) is 3.12. The summed E-state index contributed by atoms with van der Waals surface area (Å²) in [6.07, 6.45) is 0. The molecule has 0 aliphatic carbocycles. The predicted molar refractivity (Wildman–Crippen MR) is 112 cm³/mol. The number of benzene rings is 2. The minimum absolute atomic E-state index is 0.196. The molecule has 0 bridgehead atoms. The highest BCUT2D eigenvalue weighted by Gasteiger charge is 2.63. The minimum Gasteiger partial charge on any atom is -0.497 e. The van der Waals surface area contributed by atoms with Crippen molar-refractivity contribution in [2.24, 2.45) is 0 Å². The summed E-state index contributed by atoms with van der Waals surface area (Å²) in [6.45, 7) is 6.71. The molecule has 5 nitrogen and oxygen atoms in total. The summed E-state index contributed by atoms with van der Waals surface area (Å²) in [6, 6.07) is 11.2. The number of nitrogens with zero attached hydrogens (tertiary/aromatic N) is 2. The zero-order valence-corrected chi connectivity index (χ0v) is 17.7. The van der Waals surface area contributed by atoms with Crippen LogP contribution in [-0.4, -0.2) is 41.7 Å². The maximum absolute atomic E-state index is 14.2. The topological polar surface area (TPSA) is 49.9 Å². The number of methoxy groups -OCH3 is 1. The normalized spacial score (nSPS) is 22.3. The molecule has 0 aromatic heterocycles. The lowest BCUT2D eigenvalue weighted by Gasteiger charge is -2.33. The fourth-order valence-electron chi connectivity index (χ4n) is 4.18. The standard InChI is InChI=1S/C22H23FN2O3S/c1-5-24-18-11-8-15(23)12-17(18)22(20(24)27)25(13-21(2,3)29-22)19(26)14-6-9-16(28-4)10-7-14/h6-12H,5,13H2,1-4H3. The van der Waals surface area contributed by atoms with Gasteiger partial charge < -0.3 is 14.5 Å². The van der Waals surface area contributed by atoms with E-state index in [0.29, 0.717) is 35.7 Å². The van der Waals surface area contributed by atoms with E-state index in [9.17, 15) is 14.0 Å². The highest BCUT2D eigenvalue weighted by atomic mass is 32.2. The number of ether oxygens (including phenoxy) is 1. The molecule has 2 aliphatic heterocycles. The predicted octanol–water partition coefficient (Wildman–Crippen LogP) is 4.02. The van der Waals surface area contributed by atoms with E-state index >= 15 is 0 Å². The molecule has 2 heterocycles. The Labute approximate surface area is 173 Å². The molecule has 0 saturated carbocycles. The Kier molecular flexibility index (Phi) is 4.61. The molecule has 1 saturated heterocycles. The van der Waals surface area contributed by atoms with E-state index in [1.807, 2.05) is 20.8 Å². The monoisotopic (exact) mass is 414 g/mol. The van der Waals surface area contributed by atoms with Crippen LogP contribution in [0.1, 0.15) is 36.7 Å². The van der Waals surface area contributed by atoms with Crippen LogP contribution in [0.15, 0.2) is 42.5 Å². The zero-order valence-electron chi connectivity index (χ0n) is 16.9. The summed E-state index contributed by atoms with van der Waals surface area (Å²) >= 11 is 1.42. The first-order valence-corrected chi connectivity index (χ1v) is 10.3. The van der Waals surface area contributed by atoms with E-state index in [1.54, 1.807) is 47.2 Å². The first-order chi connectivity index (χ1) is 13.7. The van der Waals surface area contributed by atoms with Gasteiger partial charge in [0.15, 0.2) is 4.87 Å². The maximum Gasteiger partial charge on any atom is 0.268 e. The Balaban J connectivity index is 1.87. The maximum atomic E-state index is 14.2. The molecule has 2 aliphatic rings. The van der Waals surface area contributed by atoms with E-state index in [4.69, 9.17) is 4.74 Å². The number of anilines is 1. The van der Waals surface area contributed by atoms with E-state index in [1.165, 1.54) is 23.9 Å². The van der Waals surface area contributed by atoms with Crippen LogP contribution in [0.5, 0.6) is 5.75 Å². The summed E-state index contributed by atoms with van der Waals surface area (Å²) in [7, 11) is 1.56. The van der Waals surface area contributed by atoms with Gasteiger partial charge in [-0.05, 0) is 63.2 Å². The minimum atomic E-state index is -1.27.